The second-order valence-electron chi connectivity index (χ2n) is 4.45. The molecular weight excluding hydrogens is 280 g/mol. The van der Waals surface area contributed by atoms with Crippen LogP contribution in [-0.2, 0) is 20.9 Å². The molecule has 2 rings (SSSR count). The van der Waals surface area contributed by atoms with Gasteiger partial charge in [0.15, 0.2) is 5.82 Å². The van der Waals surface area contributed by atoms with E-state index in [1.807, 2.05) is 11.8 Å². The number of carbonyl (C=O) groups is 2. The van der Waals surface area contributed by atoms with Gasteiger partial charge < -0.3 is 15.4 Å². The maximum absolute atomic E-state index is 11.9. The minimum absolute atomic E-state index is 0.0349. The molecule has 7 nitrogen and oxygen atoms in total. The quantitative estimate of drug-likeness (QED) is 0.749. The highest BCUT2D eigenvalue weighted by Crippen LogP contribution is 2.11. The van der Waals surface area contributed by atoms with E-state index in [1.165, 1.54) is 11.8 Å². The fourth-order valence-electron chi connectivity index (χ4n) is 1.88. The number of anilines is 1. The number of hydrogen-bond acceptors (Lipinski definition) is 6. The Kier molecular flexibility index (Phi) is 5.42. The van der Waals surface area contributed by atoms with E-state index >= 15 is 0 Å². The molecule has 2 heterocycles. The Balaban J connectivity index is 1.80. The molecule has 0 aromatic carbocycles. The Hall–Kier alpha value is -1.54. The summed E-state index contributed by atoms with van der Waals surface area (Å²) in [5.74, 6) is 2.03. The van der Waals surface area contributed by atoms with Gasteiger partial charge in [-0.1, -0.05) is 0 Å². The first-order chi connectivity index (χ1) is 9.67. The highest BCUT2D eigenvalue weighted by atomic mass is 32.2. The van der Waals surface area contributed by atoms with Crippen LogP contribution in [0, 0.1) is 0 Å². The lowest BCUT2D eigenvalue weighted by molar-refractivity contribution is -0.141. The van der Waals surface area contributed by atoms with Crippen LogP contribution in [0.25, 0.3) is 0 Å². The van der Waals surface area contributed by atoms with E-state index in [0.29, 0.717) is 12.2 Å². The number of nitrogens with zero attached hydrogens (tertiary/aromatic N) is 2. The van der Waals surface area contributed by atoms with Crippen molar-refractivity contribution in [3.8, 4) is 0 Å². The second kappa shape index (κ2) is 7.30. The van der Waals surface area contributed by atoms with Gasteiger partial charge in [-0.15, -0.1) is 0 Å². The summed E-state index contributed by atoms with van der Waals surface area (Å²) in [4.78, 5) is 23.0. The first-order valence-corrected chi connectivity index (χ1v) is 7.54. The molecule has 1 aliphatic heterocycles. The van der Waals surface area contributed by atoms with Gasteiger partial charge in [-0.2, -0.15) is 16.9 Å². The largest absolute Gasteiger partial charge is 0.468 e. The van der Waals surface area contributed by atoms with Crippen LogP contribution in [0.15, 0.2) is 12.3 Å². The molecule has 20 heavy (non-hydrogen) atoms. The third-order valence-electron chi connectivity index (χ3n) is 2.86. The number of methoxy groups -OCH3 is 1. The van der Waals surface area contributed by atoms with Gasteiger partial charge in [0.25, 0.3) is 0 Å². The molecule has 1 unspecified atom stereocenters. The second-order valence-corrected chi connectivity index (χ2v) is 5.60. The van der Waals surface area contributed by atoms with Crippen LogP contribution in [0.1, 0.15) is 6.42 Å². The zero-order valence-electron chi connectivity index (χ0n) is 11.3. The number of nitrogens with one attached hydrogen (secondary N) is 2. The van der Waals surface area contributed by atoms with Crippen LogP contribution >= 0.6 is 11.8 Å². The molecule has 1 fully saturated rings. The van der Waals surface area contributed by atoms with Crippen molar-refractivity contribution < 1.29 is 14.3 Å². The molecule has 1 aliphatic rings. The van der Waals surface area contributed by atoms with E-state index < -0.39 is 0 Å². The summed E-state index contributed by atoms with van der Waals surface area (Å²) in [6.45, 7) is 0.976. The molecule has 0 radical (unpaired) electrons. The van der Waals surface area contributed by atoms with E-state index in [1.54, 1.807) is 12.3 Å². The normalized spacial score (nSPS) is 18.6. The maximum atomic E-state index is 11.9. The lowest BCUT2D eigenvalue weighted by Gasteiger charge is -2.22. The summed E-state index contributed by atoms with van der Waals surface area (Å²) in [6.07, 6.45) is 2.05. The van der Waals surface area contributed by atoms with E-state index in [0.717, 1.165) is 18.1 Å². The summed E-state index contributed by atoms with van der Waals surface area (Å²) in [6, 6.07) is 1.87. The average molecular weight is 298 g/mol. The Labute approximate surface area is 121 Å². The summed E-state index contributed by atoms with van der Waals surface area (Å²) in [5, 5.41) is 10.1. The van der Waals surface area contributed by atoms with Gasteiger partial charge in [0, 0.05) is 42.8 Å². The summed E-state index contributed by atoms with van der Waals surface area (Å²) in [5.41, 5.74) is 0. The monoisotopic (exact) mass is 298 g/mol. The Morgan fingerprint density at radius 3 is 3.20 bits per heavy atom. The van der Waals surface area contributed by atoms with E-state index in [9.17, 15) is 9.59 Å². The minimum Gasteiger partial charge on any atom is -0.468 e. The lowest BCUT2D eigenvalue weighted by Crippen LogP contribution is -2.39. The van der Waals surface area contributed by atoms with Gasteiger partial charge in [-0.05, 0) is 0 Å². The van der Waals surface area contributed by atoms with Crippen molar-refractivity contribution in [1.29, 1.82) is 0 Å². The summed E-state index contributed by atoms with van der Waals surface area (Å²) in [7, 11) is 1.32. The highest BCUT2D eigenvalue weighted by molar-refractivity contribution is 7.99. The molecule has 1 atom stereocenters. The fourth-order valence-corrected chi connectivity index (χ4v) is 2.83. The Bertz CT molecular complexity index is 471. The number of aromatic nitrogens is 2. The van der Waals surface area contributed by atoms with Crippen molar-refractivity contribution in [3.63, 3.8) is 0 Å². The van der Waals surface area contributed by atoms with Gasteiger partial charge in [-0.25, -0.2) is 0 Å². The number of esters is 1. The van der Waals surface area contributed by atoms with Gasteiger partial charge in [0.1, 0.15) is 6.54 Å². The van der Waals surface area contributed by atoms with Crippen LogP contribution in [0.4, 0.5) is 5.82 Å². The maximum Gasteiger partial charge on any atom is 0.327 e. The predicted molar refractivity (Wildman–Crippen MR) is 76.6 cm³/mol. The van der Waals surface area contributed by atoms with Crippen molar-refractivity contribution >= 4 is 29.5 Å². The van der Waals surface area contributed by atoms with Gasteiger partial charge in [0.05, 0.1) is 7.11 Å². The molecule has 0 aliphatic carbocycles. The molecule has 0 spiro atoms. The third-order valence-corrected chi connectivity index (χ3v) is 3.99. The molecule has 0 bridgehead atoms. The van der Waals surface area contributed by atoms with Crippen LogP contribution in [-0.4, -0.2) is 52.9 Å². The van der Waals surface area contributed by atoms with Crippen LogP contribution in [0.3, 0.4) is 0 Å². The first kappa shape index (κ1) is 14.9. The topological polar surface area (TPSA) is 85.2 Å². The number of ether oxygens (including phenoxy) is 1. The average Bonchev–Trinajstić information content (AvgIpc) is 2.86. The highest BCUT2D eigenvalue weighted by Gasteiger charge is 2.17. The standard InChI is InChI=1S/C12H18N4O3S/c1-19-12(18)7-16-4-2-10(15-16)14-11(17)6-9-8-20-5-3-13-9/h2,4,9,13H,3,5-8H2,1H3,(H,14,15,17). The molecule has 0 saturated carbocycles. The van der Waals surface area contributed by atoms with E-state index in [2.05, 4.69) is 20.5 Å². The summed E-state index contributed by atoms with van der Waals surface area (Å²) < 4.78 is 5.97. The minimum atomic E-state index is -0.380. The number of hydrogen-bond donors (Lipinski definition) is 2. The van der Waals surface area contributed by atoms with E-state index in [4.69, 9.17) is 0 Å². The zero-order valence-corrected chi connectivity index (χ0v) is 12.1. The van der Waals surface area contributed by atoms with Crippen molar-refractivity contribution in [2.75, 3.05) is 30.5 Å². The fraction of sp³-hybridized carbons (Fsp3) is 0.583. The summed E-state index contributed by atoms with van der Waals surface area (Å²) >= 11 is 1.85. The molecule has 2 N–H and O–H groups in total. The third kappa shape index (κ3) is 4.53. The molecule has 110 valence electrons. The van der Waals surface area contributed by atoms with Crippen molar-refractivity contribution in [1.82, 2.24) is 15.1 Å². The molecule has 1 saturated heterocycles. The predicted octanol–water partition coefficient (Wildman–Crippen LogP) is 0.0897. The molecule has 1 aromatic rings. The van der Waals surface area contributed by atoms with Gasteiger partial charge >= 0.3 is 5.97 Å². The Morgan fingerprint density at radius 2 is 2.50 bits per heavy atom. The van der Waals surface area contributed by atoms with Crippen molar-refractivity contribution in [2.45, 2.75) is 19.0 Å². The van der Waals surface area contributed by atoms with Crippen molar-refractivity contribution in [3.05, 3.63) is 12.3 Å². The van der Waals surface area contributed by atoms with Crippen LogP contribution < -0.4 is 10.6 Å². The number of amides is 1. The van der Waals surface area contributed by atoms with Gasteiger partial charge in [-0.3, -0.25) is 14.3 Å². The number of thioether (sulfide) groups is 1. The molecule has 1 amide bonds. The first-order valence-electron chi connectivity index (χ1n) is 6.38. The zero-order chi connectivity index (χ0) is 14.4. The Morgan fingerprint density at radius 1 is 1.65 bits per heavy atom. The van der Waals surface area contributed by atoms with Crippen LogP contribution in [0.5, 0.6) is 0 Å². The SMILES string of the molecule is COC(=O)Cn1ccc(NC(=O)CC2CSCCN2)n1. The molecule has 8 heteroatoms. The molecular formula is C12H18N4O3S. The lowest BCUT2D eigenvalue weighted by atomic mass is 10.2. The van der Waals surface area contributed by atoms with E-state index in [-0.39, 0.29) is 24.5 Å². The molecule has 1 aromatic heterocycles. The van der Waals surface area contributed by atoms with Crippen LogP contribution in [0.2, 0.25) is 0 Å². The number of carbonyl (C=O) groups excluding carboxylic acids is 2. The van der Waals surface area contributed by atoms with Gasteiger partial charge in [0.2, 0.25) is 5.91 Å². The smallest absolute Gasteiger partial charge is 0.327 e. The van der Waals surface area contributed by atoms with Crippen molar-refractivity contribution in [2.24, 2.45) is 0 Å². The number of rotatable bonds is 5.